The highest BCUT2D eigenvalue weighted by molar-refractivity contribution is 6.77. The second-order valence-corrected chi connectivity index (χ2v) is 14.5. The lowest BCUT2D eigenvalue weighted by Crippen LogP contribution is -2.52. The summed E-state index contributed by atoms with van der Waals surface area (Å²) in [6, 6.07) is 16.2. The van der Waals surface area contributed by atoms with Crippen molar-refractivity contribution in [2.24, 2.45) is 0 Å². The van der Waals surface area contributed by atoms with Crippen molar-refractivity contribution < 1.29 is 8.85 Å². The summed E-state index contributed by atoms with van der Waals surface area (Å²) in [5, 5.41) is 0. The Bertz CT molecular complexity index is 428. The maximum Gasteiger partial charge on any atom is 0.320 e. The second-order valence-electron chi connectivity index (χ2n) is 6.94. The van der Waals surface area contributed by atoms with E-state index in [1.165, 1.54) is 49.5 Å². The summed E-state index contributed by atoms with van der Waals surface area (Å²) in [6.45, 7) is 9.58. The van der Waals surface area contributed by atoms with Crippen LogP contribution in [-0.4, -0.2) is 42.8 Å². The topological polar surface area (TPSA) is 21.7 Å². The first-order chi connectivity index (χ1) is 12.2. The van der Waals surface area contributed by atoms with E-state index < -0.39 is 17.5 Å². The molecule has 5 heteroatoms. The highest BCUT2D eigenvalue weighted by atomic mass is 28.3. The van der Waals surface area contributed by atoms with E-state index in [0.717, 1.165) is 12.6 Å². The van der Waals surface area contributed by atoms with Gasteiger partial charge in [-0.15, -0.1) is 0 Å². The molecular formula is C20H39NO2Si2. The van der Waals surface area contributed by atoms with Crippen LogP contribution in [0.5, 0.6) is 0 Å². The Balaban J connectivity index is 2.62. The van der Waals surface area contributed by atoms with Gasteiger partial charge in [-0.05, 0) is 42.7 Å². The monoisotopic (exact) mass is 381 g/mol. The molecule has 0 atom stereocenters. The van der Waals surface area contributed by atoms with Gasteiger partial charge in [-0.1, -0.05) is 63.9 Å². The molecule has 0 spiro atoms. The second kappa shape index (κ2) is 12.8. The fourth-order valence-corrected chi connectivity index (χ4v) is 9.11. The smallest absolute Gasteiger partial charge is 0.320 e. The predicted molar refractivity (Wildman–Crippen MR) is 114 cm³/mol. The van der Waals surface area contributed by atoms with Crippen molar-refractivity contribution in [3.05, 3.63) is 35.9 Å². The Morgan fingerprint density at radius 3 is 2.00 bits per heavy atom. The molecule has 0 amide bonds. The van der Waals surface area contributed by atoms with Crippen molar-refractivity contribution in [2.75, 3.05) is 20.8 Å². The molecule has 0 saturated carbocycles. The molecule has 1 rings (SSSR count). The van der Waals surface area contributed by atoms with Gasteiger partial charge in [0.05, 0.1) is 0 Å². The predicted octanol–water partition coefficient (Wildman–Crippen LogP) is 5.18. The number of benzene rings is 1. The van der Waals surface area contributed by atoms with E-state index in [9.17, 15) is 0 Å². The molecule has 0 fully saturated rings. The first kappa shape index (κ1) is 22.6. The van der Waals surface area contributed by atoms with Crippen LogP contribution in [0.3, 0.4) is 0 Å². The maximum absolute atomic E-state index is 5.43. The first-order valence-corrected chi connectivity index (χ1v) is 14.3. The van der Waals surface area contributed by atoms with E-state index in [4.69, 9.17) is 8.85 Å². The van der Waals surface area contributed by atoms with Crippen molar-refractivity contribution in [3.63, 3.8) is 0 Å². The molecule has 3 nitrogen and oxygen atoms in total. The highest BCUT2D eigenvalue weighted by Crippen LogP contribution is 2.27. The van der Waals surface area contributed by atoms with Crippen LogP contribution in [0, 0.1) is 0 Å². The summed E-state index contributed by atoms with van der Waals surface area (Å²) in [7, 11) is 0.862. The molecule has 0 unspecified atom stereocenters. The Hall–Kier alpha value is -0.466. The van der Waals surface area contributed by atoms with Crippen LogP contribution in [0.15, 0.2) is 30.3 Å². The van der Waals surface area contributed by atoms with Crippen LogP contribution >= 0.6 is 0 Å². The normalized spacial score (nSPS) is 12.3. The fourth-order valence-electron chi connectivity index (χ4n) is 3.83. The standard InChI is InChI=1S/C20H39NO2Si2/c1-6-25(7-2,8-3)21(19-20-15-11-9-12-16-20)17-13-10-14-18-24(22-4)23-5/h9,11-12,15-16,24H,6-8,10,13-14,17-19H2,1-5H3. The van der Waals surface area contributed by atoms with E-state index in [1.807, 2.05) is 0 Å². The molecule has 0 aliphatic carbocycles. The molecule has 0 aliphatic rings. The summed E-state index contributed by atoms with van der Waals surface area (Å²) < 4.78 is 13.7. The van der Waals surface area contributed by atoms with Gasteiger partial charge in [-0.25, -0.2) is 0 Å². The number of nitrogens with zero attached hydrogens (tertiary/aromatic N) is 1. The van der Waals surface area contributed by atoms with Crippen LogP contribution < -0.4 is 0 Å². The van der Waals surface area contributed by atoms with Gasteiger partial charge in [-0.3, -0.25) is 0 Å². The third kappa shape index (κ3) is 7.35. The average Bonchev–Trinajstić information content (AvgIpc) is 2.67. The molecule has 0 radical (unpaired) electrons. The van der Waals surface area contributed by atoms with Crippen LogP contribution in [0.25, 0.3) is 0 Å². The molecule has 0 N–H and O–H groups in total. The molecule has 0 bridgehead atoms. The molecule has 0 aliphatic heterocycles. The van der Waals surface area contributed by atoms with Crippen molar-refractivity contribution in [2.45, 2.75) is 70.8 Å². The minimum Gasteiger partial charge on any atom is -0.400 e. The zero-order valence-corrected chi connectivity index (χ0v) is 19.2. The zero-order chi connectivity index (χ0) is 18.5. The fraction of sp³-hybridized carbons (Fsp3) is 0.700. The minimum absolute atomic E-state index is 1.12. The van der Waals surface area contributed by atoms with Crippen molar-refractivity contribution >= 4 is 17.5 Å². The van der Waals surface area contributed by atoms with Gasteiger partial charge in [0.25, 0.3) is 0 Å². The minimum atomic E-state index is -1.37. The van der Waals surface area contributed by atoms with Crippen molar-refractivity contribution in [1.82, 2.24) is 4.57 Å². The summed E-state index contributed by atoms with van der Waals surface area (Å²) >= 11 is 0. The lowest BCUT2D eigenvalue weighted by Gasteiger charge is -2.41. The molecule has 1 aromatic carbocycles. The van der Waals surface area contributed by atoms with Crippen LogP contribution in [0.1, 0.15) is 45.6 Å². The van der Waals surface area contributed by atoms with Crippen molar-refractivity contribution in [3.8, 4) is 0 Å². The van der Waals surface area contributed by atoms with E-state index >= 15 is 0 Å². The highest BCUT2D eigenvalue weighted by Gasteiger charge is 2.33. The number of rotatable bonds is 14. The lowest BCUT2D eigenvalue weighted by atomic mass is 10.2. The maximum atomic E-state index is 5.43. The summed E-state index contributed by atoms with van der Waals surface area (Å²) in [6.07, 6.45) is 3.80. The first-order valence-electron chi connectivity index (χ1n) is 10.00. The Labute approximate surface area is 158 Å². The van der Waals surface area contributed by atoms with Crippen LogP contribution in [0.2, 0.25) is 24.2 Å². The molecule has 0 heterocycles. The Morgan fingerprint density at radius 2 is 1.48 bits per heavy atom. The summed E-state index contributed by atoms with van der Waals surface area (Å²) in [5.41, 5.74) is 1.46. The van der Waals surface area contributed by atoms with Crippen molar-refractivity contribution in [1.29, 1.82) is 0 Å². The largest absolute Gasteiger partial charge is 0.400 e. The van der Waals surface area contributed by atoms with Gasteiger partial charge in [0, 0.05) is 20.8 Å². The lowest BCUT2D eigenvalue weighted by molar-refractivity contribution is 0.275. The third-order valence-corrected chi connectivity index (χ3v) is 13.4. The third-order valence-electron chi connectivity index (χ3n) is 5.76. The molecule has 25 heavy (non-hydrogen) atoms. The molecule has 0 saturated heterocycles. The van der Waals surface area contributed by atoms with E-state index in [-0.39, 0.29) is 0 Å². The average molecular weight is 382 g/mol. The van der Waals surface area contributed by atoms with E-state index in [0.29, 0.717) is 0 Å². The van der Waals surface area contributed by atoms with Gasteiger partial charge in [0.15, 0.2) is 0 Å². The van der Waals surface area contributed by atoms with Gasteiger partial charge >= 0.3 is 9.28 Å². The summed E-state index contributed by atoms with van der Waals surface area (Å²) in [5.74, 6) is 0. The van der Waals surface area contributed by atoms with Gasteiger partial charge in [-0.2, -0.15) is 0 Å². The number of hydrogen-bond acceptors (Lipinski definition) is 3. The van der Waals surface area contributed by atoms with E-state index in [2.05, 4.69) is 55.7 Å². The van der Waals surface area contributed by atoms with Gasteiger partial charge < -0.3 is 13.4 Å². The summed E-state index contributed by atoms with van der Waals surface area (Å²) in [4.78, 5) is 0. The molecule has 1 aromatic rings. The van der Waals surface area contributed by atoms with Crippen LogP contribution in [-0.2, 0) is 15.4 Å². The Kier molecular flexibility index (Phi) is 11.6. The molecule has 144 valence electrons. The molecular weight excluding hydrogens is 342 g/mol. The van der Waals surface area contributed by atoms with Gasteiger partial charge in [0.2, 0.25) is 0 Å². The Morgan fingerprint density at radius 1 is 0.880 bits per heavy atom. The van der Waals surface area contributed by atoms with E-state index in [1.54, 1.807) is 14.2 Å². The number of hydrogen-bond donors (Lipinski definition) is 0. The zero-order valence-electron chi connectivity index (χ0n) is 17.1. The quantitative estimate of drug-likeness (QED) is 0.327. The SMILES string of the molecule is CC[Si](CC)(CC)N(CCCCC[SiH](OC)OC)Cc1ccccc1. The van der Waals surface area contributed by atoms with Crippen LogP contribution in [0.4, 0.5) is 0 Å². The molecule has 0 aromatic heterocycles. The number of unbranched alkanes of at least 4 members (excludes halogenated alkanes) is 2. The van der Waals surface area contributed by atoms with Gasteiger partial charge in [0.1, 0.15) is 8.24 Å².